The summed E-state index contributed by atoms with van der Waals surface area (Å²) in [6, 6.07) is 19.7. The summed E-state index contributed by atoms with van der Waals surface area (Å²) in [5.74, 6) is 0.302. The Morgan fingerprint density at radius 2 is 1.63 bits per heavy atom. The largest absolute Gasteiger partial charge is 0.369 e. The number of hydrogen-bond donors (Lipinski definition) is 2. The van der Waals surface area contributed by atoms with E-state index >= 15 is 0 Å². The summed E-state index contributed by atoms with van der Waals surface area (Å²) in [4.78, 5) is 4.20. The van der Waals surface area contributed by atoms with Gasteiger partial charge in [-0.05, 0) is 11.1 Å². The number of nitrogens with two attached hydrogens (primary N) is 1. The van der Waals surface area contributed by atoms with Gasteiger partial charge in [0, 0.05) is 0 Å². The van der Waals surface area contributed by atoms with E-state index in [0.29, 0.717) is 12.5 Å². The van der Waals surface area contributed by atoms with Crippen LogP contribution < -0.4 is 11.2 Å². The highest BCUT2D eigenvalue weighted by Gasteiger charge is 1.90. The first-order chi connectivity index (χ1) is 9.34. The second kappa shape index (κ2) is 6.96. The molecule has 0 aliphatic carbocycles. The SMILES string of the molecule is NC(=NCc1ccccc1)N/N=C/c1ccccc1. The molecule has 0 heterocycles. The lowest BCUT2D eigenvalue weighted by molar-refractivity contribution is 0.963. The van der Waals surface area contributed by atoms with Gasteiger partial charge in [0.05, 0.1) is 12.8 Å². The number of guanidine groups is 1. The summed E-state index contributed by atoms with van der Waals surface area (Å²) in [5.41, 5.74) is 10.5. The van der Waals surface area contributed by atoms with Crippen LogP contribution in [0.3, 0.4) is 0 Å². The number of hydrogen-bond acceptors (Lipinski definition) is 2. The summed E-state index contributed by atoms with van der Waals surface area (Å²) in [7, 11) is 0. The molecule has 4 heteroatoms. The number of hydrazone groups is 1. The van der Waals surface area contributed by atoms with Crippen LogP contribution in [0.5, 0.6) is 0 Å². The quantitative estimate of drug-likeness (QED) is 0.497. The molecule has 0 radical (unpaired) electrons. The molecule has 4 nitrogen and oxygen atoms in total. The molecule has 2 aromatic carbocycles. The molecule has 3 N–H and O–H groups in total. The minimum absolute atomic E-state index is 0.302. The zero-order valence-corrected chi connectivity index (χ0v) is 10.5. The van der Waals surface area contributed by atoms with Crippen molar-refractivity contribution in [1.82, 2.24) is 5.43 Å². The van der Waals surface area contributed by atoms with Crippen molar-refractivity contribution in [3.63, 3.8) is 0 Å². The highest BCUT2D eigenvalue weighted by atomic mass is 15.3. The van der Waals surface area contributed by atoms with Gasteiger partial charge in [0.25, 0.3) is 0 Å². The van der Waals surface area contributed by atoms with Crippen LogP contribution in [0.4, 0.5) is 0 Å². The maximum absolute atomic E-state index is 5.71. The van der Waals surface area contributed by atoms with Crippen molar-refractivity contribution < 1.29 is 0 Å². The highest BCUT2D eigenvalue weighted by Crippen LogP contribution is 1.99. The monoisotopic (exact) mass is 252 g/mol. The van der Waals surface area contributed by atoms with Crippen LogP contribution in [-0.2, 0) is 6.54 Å². The second-order valence-corrected chi connectivity index (χ2v) is 3.97. The summed E-state index contributed by atoms with van der Waals surface area (Å²) in [6.07, 6.45) is 1.70. The van der Waals surface area contributed by atoms with Crippen LogP contribution in [0.2, 0.25) is 0 Å². The summed E-state index contributed by atoms with van der Waals surface area (Å²) < 4.78 is 0. The maximum Gasteiger partial charge on any atom is 0.209 e. The molecule has 2 rings (SSSR count). The Morgan fingerprint density at radius 1 is 1.00 bits per heavy atom. The first kappa shape index (κ1) is 12.8. The van der Waals surface area contributed by atoms with E-state index < -0.39 is 0 Å². The molecule has 0 spiro atoms. The molecular formula is C15H16N4. The topological polar surface area (TPSA) is 62.8 Å². The molecule has 96 valence electrons. The molecule has 0 fully saturated rings. The van der Waals surface area contributed by atoms with Crippen molar-refractivity contribution in [2.45, 2.75) is 6.54 Å². The Kier molecular flexibility index (Phi) is 4.70. The lowest BCUT2D eigenvalue weighted by Gasteiger charge is -2.00. The van der Waals surface area contributed by atoms with Crippen LogP contribution in [-0.4, -0.2) is 12.2 Å². The zero-order valence-electron chi connectivity index (χ0n) is 10.5. The van der Waals surface area contributed by atoms with E-state index in [1.165, 1.54) is 0 Å². The fraction of sp³-hybridized carbons (Fsp3) is 0.0667. The Balaban J connectivity index is 1.84. The molecule has 19 heavy (non-hydrogen) atoms. The normalized spacial score (nSPS) is 11.7. The molecule has 0 saturated heterocycles. The lowest BCUT2D eigenvalue weighted by Crippen LogP contribution is -2.27. The Hall–Kier alpha value is -2.62. The number of aliphatic imine (C=N–C) groups is 1. The first-order valence-electron chi connectivity index (χ1n) is 6.02. The number of nitrogens with zero attached hydrogens (tertiary/aromatic N) is 2. The van der Waals surface area contributed by atoms with Crippen LogP contribution >= 0.6 is 0 Å². The summed E-state index contributed by atoms with van der Waals surface area (Å²) in [6.45, 7) is 0.542. The molecule has 0 saturated carbocycles. The van der Waals surface area contributed by atoms with Gasteiger partial charge in [-0.3, -0.25) is 0 Å². The molecule has 0 atom stereocenters. The molecule has 0 aromatic heterocycles. The summed E-state index contributed by atoms with van der Waals surface area (Å²) >= 11 is 0. The van der Waals surface area contributed by atoms with E-state index in [1.54, 1.807) is 6.21 Å². The van der Waals surface area contributed by atoms with E-state index in [9.17, 15) is 0 Å². The first-order valence-corrected chi connectivity index (χ1v) is 6.02. The Bertz CT molecular complexity index is 547. The third-order valence-corrected chi connectivity index (χ3v) is 2.47. The lowest BCUT2D eigenvalue weighted by atomic mass is 10.2. The van der Waals surface area contributed by atoms with E-state index in [0.717, 1.165) is 11.1 Å². The van der Waals surface area contributed by atoms with Gasteiger partial charge in [-0.25, -0.2) is 10.4 Å². The van der Waals surface area contributed by atoms with Gasteiger partial charge in [-0.15, -0.1) is 0 Å². The number of rotatable bonds is 4. The average molecular weight is 252 g/mol. The van der Waals surface area contributed by atoms with Gasteiger partial charge in [-0.2, -0.15) is 5.10 Å². The van der Waals surface area contributed by atoms with Crippen molar-refractivity contribution in [3.8, 4) is 0 Å². The van der Waals surface area contributed by atoms with Crippen molar-refractivity contribution >= 4 is 12.2 Å². The van der Waals surface area contributed by atoms with Crippen molar-refractivity contribution in [3.05, 3.63) is 71.8 Å². The minimum Gasteiger partial charge on any atom is -0.369 e. The fourth-order valence-electron chi connectivity index (χ4n) is 1.51. The predicted octanol–water partition coefficient (Wildman–Crippen LogP) is 2.12. The van der Waals surface area contributed by atoms with Gasteiger partial charge < -0.3 is 5.73 Å². The van der Waals surface area contributed by atoms with Crippen LogP contribution in [0.1, 0.15) is 11.1 Å². The fourth-order valence-corrected chi connectivity index (χ4v) is 1.51. The van der Waals surface area contributed by atoms with Gasteiger partial charge in [0.15, 0.2) is 0 Å². The van der Waals surface area contributed by atoms with E-state index in [1.807, 2.05) is 60.7 Å². The Morgan fingerprint density at radius 3 is 2.32 bits per heavy atom. The molecule has 0 amide bonds. The van der Waals surface area contributed by atoms with Gasteiger partial charge in [0.1, 0.15) is 0 Å². The molecule has 0 aliphatic heterocycles. The van der Waals surface area contributed by atoms with E-state index in [4.69, 9.17) is 5.73 Å². The molecule has 0 bridgehead atoms. The molecule has 0 aliphatic rings. The van der Waals surface area contributed by atoms with E-state index in [-0.39, 0.29) is 0 Å². The summed E-state index contributed by atoms with van der Waals surface area (Å²) in [5, 5.41) is 4.02. The molecular weight excluding hydrogens is 236 g/mol. The van der Waals surface area contributed by atoms with Crippen molar-refractivity contribution in [2.24, 2.45) is 15.8 Å². The van der Waals surface area contributed by atoms with Crippen LogP contribution in [0.25, 0.3) is 0 Å². The maximum atomic E-state index is 5.71. The Labute approximate surface area is 112 Å². The zero-order chi connectivity index (χ0) is 13.3. The van der Waals surface area contributed by atoms with E-state index in [2.05, 4.69) is 15.5 Å². The van der Waals surface area contributed by atoms with Crippen LogP contribution in [0.15, 0.2) is 70.8 Å². The van der Waals surface area contributed by atoms with Crippen molar-refractivity contribution in [1.29, 1.82) is 0 Å². The third kappa shape index (κ3) is 4.63. The number of benzene rings is 2. The second-order valence-electron chi connectivity index (χ2n) is 3.97. The van der Waals surface area contributed by atoms with Gasteiger partial charge in [-0.1, -0.05) is 60.7 Å². The smallest absolute Gasteiger partial charge is 0.209 e. The van der Waals surface area contributed by atoms with Gasteiger partial charge >= 0.3 is 0 Å². The van der Waals surface area contributed by atoms with Crippen LogP contribution in [0, 0.1) is 0 Å². The van der Waals surface area contributed by atoms with Gasteiger partial charge in [0.2, 0.25) is 5.96 Å². The number of nitrogens with one attached hydrogen (secondary N) is 1. The van der Waals surface area contributed by atoms with Crippen molar-refractivity contribution in [2.75, 3.05) is 0 Å². The average Bonchev–Trinajstić information content (AvgIpc) is 2.47. The standard InChI is InChI=1S/C15H16N4/c16-15(17-11-13-7-3-1-4-8-13)19-18-12-14-9-5-2-6-10-14/h1-10,12H,11H2,(H3,16,17,19)/b18-12+. The molecule has 2 aromatic rings. The predicted molar refractivity (Wildman–Crippen MR) is 78.9 cm³/mol. The highest BCUT2D eigenvalue weighted by molar-refractivity contribution is 5.82. The third-order valence-electron chi connectivity index (χ3n) is 2.47. The minimum atomic E-state index is 0.302. The molecule has 0 unspecified atom stereocenters.